The summed E-state index contributed by atoms with van der Waals surface area (Å²) in [5, 5.41) is 6.83. The molecule has 0 radical (unpaired) electrons. The first kappa shape index (κ1) is 16.2. The lowest BCUT2D eigenvalue weighted by Gasteiger charge is -2.25. The van der Waals surface area contributed by atoms with Crippen LogP contribution < -0.4 is 5.32 Å². The number of aromatic nitrogens is 3. The Balaban J connectivity index is 1.79. The van der Waals surface area contributed by atoms with Gasteiger partial charge in [-0.25, -0.2) is 0 Å². The summed E-state index contributed by atoms with van der Waals surface area (Å²) in [5.41, 5.74) is 2.46. The molecule has 24 heavy (non-hydrogen) atoms. The summed E-state index contributed by atoms with van der Waals surface area (Å²) in [7, 11) is 1.80. The second-order valence-corrected chi connectivity index (χ2v) is 6.05. The van der Waals surface area contributed by atoms with Crippen LogP contribution in [-0.2, 0) is 18.4 Å². The average molecular weight is 327 g/mol. The molecule has 0 aliphatic carbocycles. The molecule has 2 aromatic heterocycles. The minimum Gasteiger partial charge on any atom is -0.351 e. The van der Waals surface area contributed by atoms with Gasteiger partial charge in [-0.2, -0.15) is 5.10 Å². The zero-order valence-corrected chi connectivity index (χ0v) is 13.9. The molecule has 1 saturated heterocycles. The Labute approximate surface area is 140 Å². The molecule has 1 atom stereocenters. The monoisotopic (exact) mass is 327 g/mol. The third-order valence-electron chi connectivity index (χ3n) is 4.21. The Hall–Kier alpha value is -2.70. The van der Waals surface area contributed by atoms with Crippen molar-refractivity contribution >= 4 is 11.8 Å². The van der Waals surface area contributed by atoms with E-state index in [0.29, 0.717) is 12.1 Å². The first-order valence-corrected chi connectivity index (χ1v) is 8.03. The van der Waals surface area contributed by atoms with Crippen molar-refractivity contribution < 1.29 is 9.59 Å². The van der Waals surface area contributed by atoms with Crippen molar-refractivity contribution in [3.05, 3.63) is 47.5 Å². The van der Waals surface area contributed by atoms with Crippen LogP contribution in [0, 0.1) is 0 Å². The summed E-state index contributed by atoms with van der Waals surface area (Å²) in [6.45, 7) is 2.61. The molecule has 1 aliphatic rings. The highest BCUT2D eigenvalue weighted by molar-refractivity contribution is 5.94. The third kappa shape index (κ3) is 3.45. The van der Waals surface area contributed by atoms with Gasteiger partial charge < -0.3 is 10.2 Å². The van der Waals surface area contributed by atoms with Crippen LogP contribution in [0.15, 0.2) is 30.7 Å². The van der Waals surface area contributed by atoms with Crippen LogP contribution in [0.5, 0.6) is 0 Å². The van der Waals surface area contributed by atoms with Crippen molar-refractivity contribution in [1.29, 1.82) is 0 Å². The maximum Gasteiger partial charge on any atom is 0.257 e. The first-order valence-electron chi connectivity index (χ1n) is 8.03. The second kappa shape index (κ2) is 6.82. The summed E-state index contributed by atoms with van der Waals surface area (Å²) in [4.78, 5) is 30.0. The molecule has 1 N–H and O–H groups in total. The van der Waals surface area contributed by atoms with Gasteiger partial charge in [0.2, 0.25) is 5.91 Å². The highest BCUT2D eigenvalue weighted by atomic mass is 16.2. The number of likely N-dealkylation sites (tertiary alicyclic amines) is 1. The molecule has 7 nitrogen and oxygen atoms in total. The molecule has 7 heteroatoms. The molecule has 0 unspecified atom stereocenters. The summed E-state index contributed by atoms with van der Waals surface area (Å²) in [5.74, 6) is -0.0812. The molecule has 1 fully saturated rings. The van der Waals surface area contributed by atoms with Crippen LogP contribution in [0.4, 0.5) is 0 Å². The molecule has 3 rings (SSSR count). The number of amides is 2. The second-order valence-electron chi connectivity index (χ2n) is 6.05. The number of nitrogens with one attached hydrogen (secondary N) is 1. The van der Waals surface area contributed by atoms with Crippen molar-refractivity contribution in [2.45, 2.75) is 32.4 Å². The molecule has 3 heterocycles. The number of aryl methyl sites for hydroxylation is 1. The minimum atomic E-state index is -0.0866. The predicted molar refractivity (Wildman–Crippen MR) is 88.0 cm³/mol. The largest absolute Gasteiger partial charge is 0.351 e. The van der Waals surface area contributed by atoms with E-state index in [1.807, 2.05) is 17.0 Å². The van der Waals surface area contributed by atoms with Gasteiger partial charge in [0.15, 0.2) is 0 Å². The van der Waals surface area contributed by atoms with Gasteiger partial charge in [-0.05, 0) is 30.5 Å². The fourth-order valence-corrected chi connectivity index (χ4v) is 3.07. The normalized spacial score (nSPS) is 17.1. The fraction of sp³-hybridized carbons (Fsp3) is 0.412. The van der Waals surface area contributed by atoms with E-state index in [9.17, 15) is 9.59 Å². The van der Waals surface area contributed by atoms with Crippen molar-refractivity contribution in [3.63, 3.8) is 0 Å². The Bertz CT molecular complexity index is 755. The van der Waals surface area contributed by atoms with Gasteiger partial charge in [-0.3, -0.25) is 19.3 Å². The van der Waals surface area contributed by atoms with Gasteiger partial charge in [-0.15, -0.1) is 0 Å². The molecule has 126 valence electrons. The lowest BCUT2D eigenvalue weighted by atomic mass is 10.0. The van der Waals surface area contributed by atoms with Crippen molar-refractivity contribution in [2.24, 2.45) is 7.05 Å². The van der Waals surface area contributed by atoms with E-state index in [2.05, 4.69) is 15.4 Å². The van der Waals surface area contributed by atoms with Crippen molar-refractivity contribution in [2.75, 3.05) is 6.54 Å². The van der Waals surface area contributed by atoms with Crippen LogP contribution >= 0.6 is 0 Å². The molecule has 2 aromatic rings. The zero-order chi connectivity index (χ0) is 17.1. The number of hydrogen-bond donors (Lipinski definition) is 1. The molecule has 0 spiro atoms. The SMILES string of the molecule is CC(=O)NCc1cc([C@H]2CCCN2C(=O)c2cnn(C)c2)ccn1. The van der Waals surface area contributed by atoms with E-state index in [4.69, 9.17) is 0 Å². The van der Waals surface area contributed by atoms with Gasteiger partial charge in [0.05, 0.1) is 30.0 Å². The number of carbonyl (C=O) groups is 2. The Morgan fingerprint density at radius 2 is 2.25 bits per heavy atom. The van der Waals surface area contributed by atoms with E-state index in [-0.39, 0.29) is 17.9 Å². The van der Waals surface area contributed by atoms with Crippen LogP contribution in [0.2, 0.25) is 0 Å². The van der Waals surface area contributed by atoms with E-state index in [1.54, 1.807) is 30.3 Å². The van der Waals surface area contributed by atoms with Crippen LogP contribution in [0.3, 0.4) is 0 Å². The summed E-state index contributed by atoms with van der Waals surface area (Å²) < 4.78 is 1.64. The van der Waals surface area contributed by atoms with Gasteiger partial charge in [0.1, 0.15) is 0 Å². The lowest BCUT2D eigenvalue weighted by molar-refractivity contribution is -0.119. The summed E-state index contributed by atoms with van der Waals surface area (Å²) >= 11 is 0. The van der Waals surface area contributed by atoms with E-state index >= 15 is 0 Å². The highest BCUT2D eigenvalue weighted by Crippen LogP contribution is 2.33. The Morgan fingerprint density at radius 3 is 2.96 bits per heavy atom. The van der Waals surface area contributed by atoms with Crippen LogP contribution in [-0.4, -0.2) is 38.0 Å². The summed E-state index contributed by atoms with van der Waals surface area (Å²) in [6, 6.07) is 3.95. The third-order valence-corrected chi connectivity index (χ3v) is 4.21. The summed E-state index contributed by atoms with van der Waals surface area (Å²) in [6.07, 6.45) is 6.98. The Morgan fingerprint density at radius 1 is 1.42 bits per heavy atom. The predicted octanol–water partition coefficient (Wildman–Crippen LogP) is 1.43. The van der Waals surface area contributed by atoms with Gasteiger partial charge in [-0.1, -0.05) is 0 Å². The van der Waals surface area contributed by atoms with Gasteiger partial charge in [0, 0.05) is 32.9 Å². The fourth-order valence-electron chi connectivity index (χ4n) is 3.07. The quantitative estimate of drug-likeness (QED) is 0.921. The molecular weight excluding hydrogens is 306 g/mol. The maximum absolute atomic E-state index is 12.7. The maximum atomic E-state index is 12.7. The van der Waals surface area contributed by atoms with E-state index in [1.165, 1.54) is 6.92 Å². The first-order chi connectivity index (χ1) is 11.5. The number of pyridine rings is 1. The number of hydrogen-bond acceptors (Lipinski definition) is 4. The molecule has 1 aliphatic heterocycles. The molecule has 0 bridgehead atoms. The average Bonchev–Trinajstić information content (AvgIpc) is 3.21. The molecule has 2 amide bonds. The lowest BCUT2D eigenvalue weighted by Crippen LogP contribution is -2.30. The number of carbonyl (C=O) groups excluding carboxylic acids is 2. The zero-order valence-electron chi connectivity index (χ0n) is 13.9. The Kier molecular flexibility index (Phi) is 4.59. The van der Waals surface area contributed by atoms with Crippen molar-refractivity contribution in [3.8, 4) is 0 Å². The van der Waals surface area contributed by atoms with Crippen molar-refractivity contribution in [1.82, 2.24) is 25.0 Å². The van der Waals surface area contributed by atoms with Crippen LogP contribution in [0.25, 0.3) is 0 Å². The van der Waals surface area contributed by atoms with E-state index in [0.717, 1.165) is 30.6 Å². The number of nitrogens with zero attached hydrogens (tertiary/aromatic N) is 4. The standard InChI is InChI=1S/C17H21N5O2/c1-12(23)19-10-15-8-13(5-6-18-15)16-4-3-7-22(16)17(24)14-9-20-21(2)11-14/h5-6,8-9,11,16H,3-4,7,10H2,1-2H3,(H,19,23)/t16-/m1/s1. The molecule has 0 aromatic carbocycles. The number of rotatable bonds is 4. The van der Waals surface area contributed by atoms with Crippen LogP contribution in [0.1, 0.15) is 47.4 Å². The highest BCUT2D eigenvalue weighted by Gasteiger charge is 2.31. The topological polar surface area (TPSA) is 80.1 Å². The molecule has 0 saturated carbocycles. The van der Waals surface area contributed by atoms with Gasteiger partial charge >= 0.3 is 0 Å². The van der Waals surface area contributed by atoms with E-state index < -0.39 is 0 Å². The molecular formula is C17H21N5O2. The van der Waals surface area contributed by atoms with Gasteiger partial charge in [0.25, 0.3) is 5.91 Å². The minimum absolute atomic E-state index is 0.00539. The smallest absolute Gasteiger partial charge is 0.257 e.